The van der Waals surface area contributed by atoms with E-state index in [2.05, 4.69) is 4.72 Å². The van der Waals surface area contributed by atoms with Gasteiger partial charge in [-0.1, -0.05) is 11.6 Å². The number of aryl methyl sites for hydroxylation is 1. The number of aromatic hydroxyl groups is 1. The van der Waals surface area contributed by atoms with Gasteiger partial charge in [-0.2, -0.15) is 0 Å². The number of halogens is 1. The van der Waals surface area contributed by atoms with Crippen molar-refractivity contribution in [2.45, 2.75) is 11.1 Å². The Labute approximate surface area is 114 Å². The van der Waals surface area contributed by atoms with E-state index in [0.29, 0.717) is 5.02 Å². The van der Waals surface area contributed by atoms with E-state index in [-0.39, 0.29) is 15.6 Å². The van der Waals surface area contributed by atoms with E-state index in [0.717, 1.165) is 16.2 Å². The van der Waals surface area contributed by atoms with Gasteiger partial charge in [-0.25, -0.2) is 8.42 Å². The van der Waals surface area contributed by atoms with Gasteiger partial charge in [-0.15, -0.1) is 11.3 Å². The Kier molecular flexibility index (Phi) is 3.52. The van der Waals surface area contributed by atoms with E-state index in [1.165, 1.54) is 24.3 Å². The van der Waals surface area contributed by atoms with Gasteiger partial charge in [-0.05, 0) is 31.2 Å². The molecule has 0 radical (unpaired) electrons. The van der Waals surface area contributed by atoms with Crippen molar-refractivity contribution in [3.8, 4) is 5.75 Å². The predicted octanol–water partition coefficient (Wildman–Crippen LogP) is 3.22. The Balaban J connectivity index is 2.33. The lowest BCUT2D eigenvalue weighted by atomic mass is 10.3. The molecule has 2 N–H and O–H groups in total. The van der Waals surface area contributed by atoms with Crippen LogP contribution in [0.25, 0.3) is 0 Å². The zero-order valence-corrected chi connectivity index (χ0v) is 11.7. The van der Waals surface area contributed by atoms with Crippen molar-refractivity contribution in [1.29, 1.82) is 0 Å². The maximum atomic E-state index is 12.0. The largest absolute Gasteiger partial charge is 0.506 e. The van der Waals surface area contributed by atoms with Crippen LogP contribution in [0.4, 0.5) is 5.69 Å². The molecule has 96 valence electrons. The molecule has 18 heavy (non-hydrogen) atoms. The topological polar surface area (TPSA) is 66.4 Å². The van der Waals surface area contributed by atoms with Gasteiger partial charge in [0.2, 0.25) is 0 Å². The molecule has 0 fully saturated rings. The van der Waals surface area contributed by atoms with E-state index < -0.39 is 10.0 Å². The Hall–Kier alpha value is -1.24. The molecular weight excluding hydrogens is 294 g/mol. The summed E-state index contributed by atoms with van der Waals surface area (Å²) in [5, 5.41) is 9.93. The lowest BCUT2D eigenvalue weighted by Gasteiger charge is -2.08. The molecule has 0 aliphatic heterocycles. The lowest BCUT2D eigenvalue weighted by molar-refractivity contribution is 0.477. The normalized spacial score (nSPS) is 11.4. The lowest BCUT2D eigenvalue weighted by Crippen LogP contribution is -2.11. The molecule has 1 aromatic carbocycles. The monoisotopic (exact) mass is 303 g/mol. The molecule has 7 heteroatoms. The maximum absolute atomic E-state index is 12.0. The van der Waals surface area contributed by atoms with Crippen molar-refractivity contribution in [2.75, 3.05) is 4.72 Å². The van der Waals surface area contributed by atoms with E-state index in [4.69, 9.17) is 11.6 Å². The fraction of sp³-hybridized carbons (Fsp3) is 0.0909. The van der Waals surface area contributed by atoms with Crippen molar-refractivity contribution in [1.82, 2.24) is 0 Å². The summed E-state index contributed by atoms with van der Waals surface area (Å²) >= 11 is 6.84. The van der Waals surface area contributed by atoms with Gasteiger partial charge in [0.15, 0.2) is 0 Å². The first-order valence-electron chi connectivity index (χ1n) is 4.96. The number of phenolic OH excluding ortho intramolecular Hbond substituents is 1. The molecule has 0 aliphatic rings. The maximum Gasteiger partial charge on any atom is 0.271 e. The van der Waals surface area contributed by atoms with Crippen LogP contribution in [-0.4, -0.2) is 13.5 Å². The summed E-state index contributed by atoms with van der Waals surface area (Å²) in [4.78, 5) is 0.899. The van der Waals surface area contributed by atoms with Gasteiger partial charge in [0, 0.05) is 16.0 Å². The third kappa shape index (κ3) is 2.77. The minimum Gasteiger partial charge on any atom is -0.506 e. The molecule has 0 amide bonds. The minimum absolute atomic E-state index is 0.102. The van der Waals surface area contributed by atoms with Crippen LogP contribution in [0, 0.1) is 6.92 Å². The molecule has 0 saturated heterocycles. The fourth-order valence-corrected chi connectivity index (χ4v) is 3.87. The summed E-state index contributed by atoms with van der Waals surface area (Å²) in [5.41, 5.74) is 0.102. The molecule has 0 saturated carbocycles. The first kappa shape index (κ1) is 13.2. The van der Waals surface area contributed by atoms with Crippen LogP contribution in [0.15, 0.2) is 34.5 Å². The molecule has 4 nitrogen and oxygen atoms in total. The highest BCUT2D eigenvalue weighted by Gasteiger charge is 2.17. The number of sulfonamides is 1. The molecule has 2 rings (SSSR count). The third-order valence-corrected chi connectivity index (χ3v) is 5.28. The van der Waals surface area contributed by atoms with Crippen LogP contribution >= 0.6 is 22.9 Å². The van der Waals surface area contributed by atoms with Gasteiger partial charge >= 0.3 is 0 Å². The molecule has 0 spiro atoms. The van der Waals surface area contributed by atoms with E-state index in [9.17, 15) is 13.5 Å². The van der Waals surface area contributed by atoms with Crippen LogP contribution in [0.1, 0.15) is 4.88 Å². The Bertz CT molecular complexity index is 679. The first-order valence-corrected chi connectivity index (χ1v) is 7.64. The van der Waals surface area contributed by atoms with Gasteiger partial charge < -0.3 is 5.11 Å². The molecule has 0 bridgehead atoms. The van der Waals surface area contributed by atoms with Crippen LogP contribution in [0.5, 0.6) is 5.75 Å². The summed E-state index contributed by atoms with van der Waals surface area (Å²) in [5.74, 6) is -0.209. The summed E-state index contributed by atoms with van der Waals surface area (Å²) < 4.78 is 26.5. The minimum atomic E-state index is -3.66. The second kappa shape index (κ2) is 4.79. The Morgan fingerprint density at radius 3 is 2.56 bits per heavy atom. The quantitative estimate of drug-likeness (QED) is 0.856. The van der Waals surface area contributed by atoms with Gasteiger partial charge in [0.1, 0.15) is 9.96 Å². The van der Waals surface area contributed by atoms with Crippen LogP contribution < -0.4 is 4.72 Å². The van der Waals surface area contributed by atoms with Crippen LogP contribution in [0.2, 0.25) is 5.02 Å². The van der Waals surface area contributed by atoms with Crippen LogP contribution in [0.3, 0.4) is 0 Å². The number of thiophene rings is 1. The highest BCUT2D eigenvalue weighted by atomic mass is 35.5. The van der Waals surface area contributed by atoms with Crippen molar-refractivity contribution in [2.24, 2.45) is 0 Å². The van der Waals surface area contributed by atoms with E-state index in [1.807, 2.05) is 6.92 Å². The zero-order valence-electron chi connectivity index (χ0n) is 9.34. The molecule has 0 unspecified atom stereocenters. The van der Waals surface area contributed by atoms with Gasteiger partial charge in [-0.3, -0.25) is 4.72 Å². The van der Waals surface area contributed by atoms with Gasteiger partial charge in [0.25, 0.3) is 10.0 Å². The molecular formula is C11H10ClNO3S2. The van der Waals surface area contributed by atoms with Crippen LogP contribution in [-0.2, 0) is 10.0 Å². The second-order valence-corrected chi connectivity index (χ2v) is 7.27. The number of hydrogen-bond donors (Lipinski definition) is 2. The number of hydrogen-bond acceptors (Lipinski definition) is 4. The number of rotatable bonds is 3. The average molecular weight is 304 g/mol. The molecule has 1 aromatic heterocycles. The standard InChI is InChI=1S/C11H10ClNO3S2/c1-7-2-5-11(17-7)18(15,16)13-9-4-3-8(12)6-10(9)14/h2-6,13-14H,1H3. The van der Waals surface area contributed by atoms with Crippen molar-refractivity contribution in [3.63, 3.8) is 0 Å². The summed E-state index contributed by atoms with van der Waals surface area (Å²) in [6.45, 7) is 1.82. The number of anilines is 1. The van der Waals surface area contributed by atoms with Crippen molar-refractivity contribution < 1.29 is 13.5 Å². The molecule has 0 aliphatic carbocycles. The SMILES string of the molecule is Cc1ccc(S(=O)(=O)Nc2ccc(Cl)cc2O)s1. The highest BCUT2D eigenvalue weighted by Crippen LogP contribution is 2.30. The first-order chi connectivity index (χ1) is 8.38. The number of nitrogens with one attached hydrogen (secondary N) is 1. The Morgan fingerprint density at radius 2 is 2.00 bits per heavy atom. The number of phenols is 1. The second-order valence-electron chi connectivity index (χ2n) is 3.63. The smallest absolute Gasteiger partial charge is 0.271 e. The number of benzene rings is 1. The van der Waals surface area contributed by atoms with Gasteiger partial charge in [0.05, 0.1) is 5.69 Å². The Morgan fingerprint density at radius 1 is 1.28 bits per heavy atom. The summed E-state index contributed by atoms with van der Waals surface area (Å²) in [6.07, 6.45) is 0. The highest BCUT2D eigenvalue weighted by molar-refractivity contribution is 7.94. The third-order valence-electron chi connectivity index (χ3n) is 2.18. The predicted molar refractivity (Wildman–Crippen MR) is 73.0 cm³/mol. The molecule has 0 atom stereocenters. The van der Waals surface area contributed by atoms with Crippen molar-refractivity contribution >= 4 is 38.6 Å². The average Bonchev–Trinajstić information content (AvgIpc) is 2.70. The van der Waals surface area contributed by atoms with E-state index in [1.54, 1.807) is 6.07 Å². The fourth-order valence-electron chi connectivity index (χ4n) is 1.34. The zero-order chi connectivity index (χ0) is 13.3. The summed E-state index contributed by atoms with van der Waals surface area (Å²) in [6, 6.07) is 7.43. The molecule has 2 aromatic rings. The summed E-state index contributed by atoms with van der Waals surface area (Å²) in [7, 11) is -3.66. The molecule has 1 heterocycles. The van der Waals surface area contributed by atoms with Crippen molar-refractivity contribution in [3.05, 3.63) is 40.2 Å². The van der Waals surface area contributed by atoms with E-state index >= 15 is 0 Å².